The number of carbonyl (C=O) groups excluding carboxylic acids is 1. The number of hydrogen-bond donors (Lipinski definition) is 1. The number of hydrogen-bond acceptors (Lipinski definition) is 4. The highest BCUT2D eigenvalue weighted by molar-refractivity contribution is 6.42. The van der Waals surface area contributed by atoms with Crippen LogP contribution >= 0.6 is 23.2 Å². The minimum Gasteiger partial charge on any atom is -0.466 e. The first kappa shape index (κ1) is 20.9. The van der Waals surface area contributed by atoms with E-state index >= 15 is 0 Å². The number of ether oxygens (including phenoxy) is 1. The number of carbonyl (C=O) groups is 1. The molecule has 0 radical (unpaired) electrons. The molecule has 0 amide bonds. The van der Waals surface area contributed by atoms with Crippen molar-refractivity contribution >= 4 is 35.2 Å². The Hall–Kier alpha value is -1.85. The van der Waals surface area contributed by atoms with Gasteiger partial charge in [-0.2, -0.15) is 0 Å². The summed E-state index contributed by atoms with van der Waals surface area (Å²) < 4.78 is 4.61. The summed E-state index contributed by atoms with van der Waals surface area (Å²) in [6.07, 6.45) is 4.65. The zero-order valence-electron chi connectivity index (χ0n) is 15.6. The Morgan fingerprint density at radius 1 is 1.25 bits per heavy atom. The highest BCUT2D eigenvalue weighted by atomic mass is 35.5. The van der Waals surface area contributed by atoms with Crippen LogP contribution in [0.2, 0.25) is 10.0 Å². The largest absolute Gasteiger partial charge is 0.466 e. The van der Waals surface area contributed by atoms with Crippen LogP contribution in [-0.4, -0.2) is 36.2 Å². The number of esters is 1. The molecule has 1 aliphatic heterocycles. The van der Waals surface area contributed by atoms with Crippen molar-refractivity contribution in [3.63, 3.8) is 0 Å². The van der Waals surface area contributed by atoms with Crippen LogP contribution in [0.1, 0.15) is 41.7 Å². The fourth-order valence-corrected chi connectivity index (χ4v) is 3.84. The Kier molecular flexibility index (Phi) is 7.13. The van der Waals surface area contributed by atoms with Crippen molar-refractivity contribution in [2.24, 2.45) is 0 Å². The van der Waals surface area contributed by atoms with E-state index in [1.807, 2.05) is 18.2 Å². The van der Waals surface area contributed by atoms with Gasteiger partial charge in [-0.1, -0.05) is 53.5 Å². The van der Waals surface area contributed by atoms with Crippen LogP contribution in [0.5, 0.6) is 0 Å². The van der Waals surface area contributed by atoms with E-state index < -0.39 is 6.10 Å². The van der Waals surface area contributed by atoms with E-state index in [4.69, 9.17) is 23.2 Å². The molecule has 1 N–H and O–H groups in total. The lowest BCUT2D eigenvalue weighted by Crippen LogP contribution is -2.28. The summed E-state index contributed by atoms with van der Waals surface area (Å²) in [5.41, 5.74) is 2.91. The minimum absolute atomic E-state index is 0.260. The number of methoxy groups -OCH3 is 1. The Morgan fingerprint density at radius 2 is 2.00 bits per heavy atom. The molecule has 1 heterocycles. The number of likely N-dealkylation sites (tertiary alicyclic amines) is 1. The fourth-order valence-electron chi connectivity index (χ4n) is 3.53. The van der Waals surface area contributed by atoms with Gasteiger partial charge in [0.1, 0.15) is 0 Å². The molecule has 28 heavy (non-hydrogen) atoms. The molecular formula is C22H23Cl2NO3. The van der Waals surface area contributed by atoms with Crippen molar-refractivity contribution in [1.82, 2.24) is 4.90 Å². The molecule has 2 atom stereocenters. The van der Waals surface area contributed by atoms with E-state index in [2.05, 4.69) is 21.8 Å². The Balaban J connectivity index is 1.67. The number of halogens is 2. The minimum atomic E-state index is -0.627. The number of nitrogens with zero attached hydrogens (tertiary/aromatic N) is 1. The van der Waals surface area contributed by atoms with Crippen LogP contribution in [0.3, 0.4) is 0 Å². The second-order valence-electron chi connectivity index (χ2n) is 6.87. The first-order chi connectivity index (χ1) is 13.5. The van der Waals surface area contributed by atoms with E-state index in [-0.39, 0.29) is 12.0 Å². The highest BCUT2D eigenvalue weighted by Crippen LogP contribution is 2.34. The molecular weight excluding hydrogens is 397 g/mol. The molecule has 1 unspecified atom stereocenters. The lowest BCUT2D eigenvalue weighted by Gasteiger charge is -2.27. The molecule has 2 aromatic rings. The highest BCUT2D eigenvalue weighted by Gasteiger charge is 2.28. The average Bonchev–Trinajstić information content (AvgIpc) is 3.16. The quantitative estimate of drug-likeness (QED) is 0.525. The fraction of sp³-hybridized carbons (Fsp3) is 0.318. The maximum atomic E-state index is 11.2. The molecule has 0 bridgehead atoms. The topological polar surface area (TPSA) is 49.8 Å². The molecule has 0 saturated carbocycles. The summed E-state index contributed by atoms with van der Waals surface area (Å²) >= 11 is 12.0. The maximum absolute atomic E-state index is 11.2. The van der Waals surface area contributed by atoms with Crippen molar-refractivity contribution in [2.75, 3.05) is 20.2 Å². The van der Waals surface area contributed by atoms with E-state index in [1.165, 1.54) is 18.7 Å². The van der Waals surface area contributed by atoms with Crippen molar-refractivity contribution < 1.29 is 14.6 Å². The van der Waals surface area contributed by atoms with Crippen molar-refractivity contribution in [3.8, 4) is 0 Å². The van der Waals surface area contributed by atoms with Gasteiger partial charge in [-0.25, -0.2) is 4.79 Å². The van der Waals surface area contributed by atoms with Crippen LogP contribution in [0.25, 0.3) is 6.08 Å². The van der Waals surface area contributed by atoms with Gasteiger partial charge in [0.15, 0.2) is 0 Å². The third-order valence-electron chi connectivity index (χ3n) is 5.03. The number of aliphatic hydroxyl groups is 1. The molecule has 4 nitrogen and oxygen atoms in total. The van der Waals surface area contributed by atoms with E-state index in [0.717, 1.165) is 30.5 Å². The zero-order valence-corrected chi connectivity index (χ0v) is 17.2. The molecule has 0 aromatic heterocycles. The molecule has 1 fully saturated rings. The molecule has 2 aromatic carbocycles. The van der Waals surface area contributed by atoms with Crippen LogP contribution in [0.4, 0.5) is 0 Å². The number of rotatable bonds is 6. The smallest absolute Gasteiger partial charge is 0.330 e. The Labute approximate surface area is 175 Å². The predicted molar refractivity (Wildman–Crippen MR) is 112 cm³/mol. The molecule has 148 valence electrons. The Bertz CT molecular complexity index is 851. The summed E-state index contributed by atoms with van der Waals surface area (Å²) in [7, 11) is 1.36. The van der Waals surface area contributed by atoms with E-state index in [0.29, 0.717) is 16.6 Å². The second-order valence-corrected chi connectivity index (χ2v) is 7.68. The third-order valence-corrected chi connectivity index (χ3v) is 5.77. The standard InChI is InChI=1S/C22H23Cl2NO3/c1-28-22(27)11-6-15-4-7-16(8-5-15)20-3-2-12-25(20)14-21(26)17-9-10-18(23)19(24)13-17/h4-11,13,20-21,26H,2-3,12,14H2,1H3/b11-6+/t20-,21?/m0/s1. The normalized spacial score (nSPS) is 18.5. The first-order valence-corrected chi connectivity index (χ1v) is 9.96. The molecule has 1 aliphatic rings. The monoisotopic (exact) mass is 419 g/mol. The third kappa shape index (κ3) is 5.15. The summed E-state index contributed by atoms with van der Waals surface area (Å²) in [6.45, 7) is 1.47. The SMILES string of the molecule is COC(=O)/C=C/c1ccc([C@@H]2CCCN2CC(O)c2ccc(Cl)c(Cl)c2)cc1. The summed E-state index contributed by atoms with van der Waals surface area (Å²) in [4.78, 5) is 13.5. The zero-order chi connectivity index (χ0) is 20.1. The Morgan fingerprint density at radius 3 is 2.68 bits per heavy atom. The molecule has 1 saturated heterocycles. The predicted octanol–water partition coefficient (Wildman–Crippen LogP) is 5.05. The van der Waals surface area contributed by atoms with Crippen molar-refractivity contribution in [1.29, 1.82) is 0 Å². The van der Waals surface area contributed by atoms with Crippen molar-refractivity contribution in [3.05, 3.63) is 75.3 Å². The summed E-state index contributed by atoms with van der Waals surface area (Å²) in [5, 5.41) is 11.6. The van der Waals surface area contributed by atoms with Gasteiger partial charge >= 0.3 is 5.97 Å². The van der Waals surface area contributed by atoms with Gasteiger partial charge in [-0.3, -0.25) is 4.90 Å². The molecule has 3 rings (SSSR count). The van der Waals surface area contributed by atoms with E-state index in [9.17, 15) is 9.90 Å². The summed E-state index contributed by atoms with van der Waals surface area (Å²) in [5.74, 6) is -0.373. The second kappa shape index (κ2) is 9.57. The van der Waals surface area contributed by atoms with Crippen LogP contribution < -0.4 is 0 Å². The first-order valence-electron chi connectivity index (χ1n) is 9.21. The maximum Gasteiger partial charge on any atom is 0.330 e. The van der Waals surface area contributed by atoms with Gasteiger partial charge in [-0.15, -0.1) is 0 Å². The lowest BCUT2D eigenvalue weighted by molar-refractivity contribution is -0.134. The van der Waals surface area contributed by atoms with Crippen LogP contribution in [0, 0.1) is 0 Å². The molecule has 0 aliphatic carbocycles. The van der Waals surface area contributed by atoms with Gasteiger partial charge in [0.2, 0.25) is 0 Å². The number of aliphatic hydroxyl groups excluding tert-OH is 1. The summed E-state index contributed by atoms with van der Waals surface area (Å²) in [6, 6.07) is 13.6. The van der Waals surface area contributed by atoms with Gasteiger partial charge in [-0.05, 0) is 54.3 Å². The number of benzene rings is 2. The average molecular weight is 420 g/mol. The van der Waals surface area contributed by atoms with Gasteiger partial charge < -0.3 is 9.84 Å². The van der Waals surface area contributed by atoms with Crippen molar-refractivity contribution in [2.45, 2.75) is 25.0 Å². The molecule has 6 heteroatoms. The van der Waals surface area contributed by atoms with Gasteiger partial charge in [0.05, 0.1) is 23.3 Å². The molecule has 0 spiro atoms. The number of β-amino-alcohol motifs (C(OH)–C–C–N with tert-alkyl or cyclic N) is 1. The lowest BCUT2D eigenvalue weighted by atomic mass is 10.0. The van der Waals surface area contributed by atoms with Gasteiger partial charge in [0, 0.05) is 18.7 Å². The van der Waals surface area contributed by atoms with Crippen LogP contribution in [-0.2, 0) is 9.53 Å². The van der Waals surface area contributed by atoms with Gasteiger partial charge in [0.25, 0.3) is 0 Å². The van der Waals surface area contributed by atoms with Crippen LogP contribution in [0.15, 0.2) is 48.5 Å². The van der Waals surface area contributed by atoms with E-state index in [1.54, 1.807) is 18.2 Å².